The van der Waals surface area contributed by atoms with Gasteiger partial charge >= 0.3 is 0 Å². The first-order chi connectivity index (χ1) is 8.10. The Kier molecular flexibility index (Phi) is 3.50. The second-order valence-corrected chi connectivity index (χ2v) is 4.70. The molecule has 0 bridgehead atoms. The van der Waals surface area contributed by atoms with Gasteiger partial charge in [0.25, 0.3) is 0 Å². The van der Waals surface area contributed by atoms with Crippen molar-refractivity contribution < 1.29 is 9.21 Å². The predicted octanol–water partition coefficient (Wildman–Crippen LogP) is 3.25. The number of rotatable bonds is 4. The van der Waals surface area contributed by atoms with Crippen LogP contribution in [0.2, 0.25) is 5.02 Å². The summed E-state index contributed by atoms with van der Waals surface area (Å²) in [4.78, 5) is 11.9. The minimum atomic E-state index is -0.0183. The lowest BCUT2D eigenvalue weighted by Crippen LogP contribution is -2.14. The van der Waals surface area contributed by atoms with E-state index in [1.54, 1.807) is 24.3 Å². The molecule has 1 unspecified atom stereocenters. The van der Waals surface area contributed by atoms with Crippen LogP contribution in [0.15, 0.2) is 28.7 Å². The SMILES string of the molecule is CC(CN)CC(=O)c1cc2cc(Cl)ccc2o1. The van der Waals surface area contributed by atoms with E-state index >= 15 is 0 Å². The first-order valence-electron chi connectivity index (χ1n) is 5.52. The molecule has 90 valence electrons. The highest BCUT2D eigenvalue weighted by Gasteiger charge is 2.15. The number of fused-ring (bicyclic) bond motifs is 1. The largest absolute Gasteiger partial charge is 0.453 e. The molecule has 2 rings (SSSR count). The predicted molar refractivity (Wildman–Crippen MR) is 68.4 cm³/mol. The van der Waals surface area contributed by atoms with Gasteiger partial charge in [-0.1, -0.05) is 18.5 Å². The van der Waals surface area contributed by atoms with Crippen LogP contribution in [0.25, 0.3) is 11.0 Å². The van der Waals surface area contributed by atoms with Gasteiger partial charge in [0.1, 0.15) is 5.58 Å². The molecule has 1 aromatic carbocycles. The summed E-state index contributed by atoms with van der Waals surface area (Å²) in [7, 11) is 0. The van der Waals surface area contributed by atoms with Crippen molar-refractivity contribution in [1.29, 1.82) is 0 Å². The van der Waals surface area contributed by atoms with Gasteiger partial charge in [-0.15, -0.1) is 0 Å². The lowest BCUT2D eigenvalue weighted by molar-refractivity contribution is 0.0941. The number of ketones is 1. The van der Waals surface area contributed by atoms with Crippen molar-refractivity contribution in [2.75, 3.05) is 6.54 Å². The van der Waals surface area contributed by atoms with Crippen LogP contribution in [0, 0.1) is 5.92 Å². The van der Waals surface area contributed by atoms with Crippen molar-refractivity contribution in [3.63, 3.8) is 0 Å². The molecule has 2 N–H and O–H groups in total. The highest BCUT2D eigenvalue weighted by molar-refractivity contribution is 6.31. The summed E-state index contributed by atoms with van der Waals surface area (Å²) >= 11 is 5.87. The summed E-state index contributed by atoms with van der Waals surface area (Å²) in [6.45, 7) is 2.44. The van der Waals surface area contributed by atoms with Crippen molar-refractivity contribution in [2.24, 2.45) is 11.7 Å². The molecule has 0 saturated carbocycles. The maximum Gasteiger partial charge on any atom is 0.198 e. The fourth-order valence-corrected chi connectivity index (χ4v) is 1.83. The number of hydrogen-bond acceptors (Lipinski definition) is 3. The van der Waals surface area contributed by atoms with Crippen LogP contribution in [0.1, 0.15) is 23.9 Å². The number of benzene rings is 1. The number of halogens is 1. The molecule has 17 heavy (non-hydrogen) atoms. The Morgan fingerprint density at radius 1 is 1.47 bits per heavy atom. The van der Waals surface area contributed by atoms with Gasteiger partial charge in [0, 0.05) is 16.8 Å². The van der Waals surface area contributed by atoms with Crippen molar-refractivity contribution in [3.8, 4) is 0 Å². The molecular formula is C13H14ClNO2. The molecule has 1 aromatic heterocycles. The molecule has 3 nitrogen and oxygen atoms in total. The molecule has 0 saturated heterocycles. The molecule has 0 aliphatic rings. The second-order valence-electron chi connectivity index (χ2n) is 4.26. The van der Waals surface area contributed by atoms with Crippen LogP contribution in [-0.2, 0) is 0 Å². The number of nitrogens with two attached hydrogens (primary N) is 1. The standard InChI is InChI=1S/C13H14ClNO2/c1-8(7-15)4-11(16)13-6-9-5-10(14)2-3-12(9)17-13/h2-3,5-6,8H,4,7,15H2,1H3. The smallest absolute Gasteiger partial charge is 0.198 e. The third-order valence-corrected chi connectivity index (χ3v) is 2.92. The number of Topliss-reactive ketones (excluding diaryl/α,β-unsaturated/α-hetero) is 1. The molecule has 1 atom stereocenters. The van der Waals surface area contributed by atoms with Gasteiger partial charge in [-0.3, -0.25) is 4.79 Å². The van der Waals surface area contributed by atoms with Gasteiger partial charge in [0.2, 0.25) is 0 Å². The molecule has 0 amide bonds. The molecular weight excluding hydrogens is 238 g/mol. The molecule has 4 heteroatoms. The zero-order valence-corrected chi connectivity index (χ0v) is 10.3. The summed E-state index contributed by atoms with van der Waals surface area (Å²) in [6, 6.07) is 7.02. The average molecular weight is 252 g/mol. The van der Waals surface area contributed by atoms with E-state index in [9.17, 15) is 4.79 Å². The van der Waals surface area contributed by atoms with E-state index in [1.807, 2.05) is 6.92 Å². The molecule has 0 spiro atoms. The third-order valence-electron chi connectivity index (χ3n) is 2.69. The average Bonchev–Trinajstić information content (AvgIpc) is 2.71. The normalized spacial score (nSPS) is 12.9. The molecule has 0 aliphatic carbocycles. The van der Waals surface area contributed by atoms with Crippen molar-refractivity contribution >= 4 is 28.4 Å². The van der Waals surface area contributed by atoms with E-state index in [0.717, 1.165) is 5.39 Å². The lowest BCUT2D eigenvalue weighted by Gasteiger charge is -2.04. The van der Waals surface area contributed by atoms with Crippen LogP contribution in [0.5, 0.6) is 0 Å². The topological polar surface area (TPSA) is 56.2 Å². The van der Waals surface area contributed by atoms with Crippen LogP contribution < -0.4 is 5.73 Å². The summed E-state index contributed by atoms with van der Waals surface area (Å²) in [6.07, 6.45) is 0.407. The number of hydrogen-bond donors (Lipinski definition) is 1. The van der Waals surface area contributed by atoms with Crippen LogP contribution in [0.3, 0.4) is 0 Å². The summed E-state index contributed by atoms with van der Waals surface area (Å²) < 4.78 is 5.48. The third kappa shape index (κ3) is 2.68. The van der Waals surface area contributed by atoms with E-state index in [-0.39, 0.29) is 11.7 Å². The van der Waals surface area contributed by atoms with Gasteiger partial charge in [-0.05, 0) is 36.7 Å². The van der Waals surface area contributed by atoms with E-state index < -0.39 is 0 Å². The van der Waals surface area contributed by atoms with Gasteiger partial charge < -0.3 is 10.2 Å². The fraction of sp³-hybridized carbons (Fsp3) is 0.308. The lowest BCUT2D eigenvalue weighted by atomic mass is 10.0. The number of furan rings is 1. The molecule has 0 aliphatic heterocycles. The Hall–Kier alpha value is -1.32. The minimum Gasteiger partial charge on any atom is -0.453 e. The Labute approximate surface area is 105 Å². The molecule has 0 radical (unpaired) electrons. The Bertz CT molecular complexity index is 547. The van der Waals surface area contributed by atoms with Crippen molar-refractivity contribution in [1.82, 2.24) is 0 Å². The van der Waals surface area contributed by atoms with Crippen molar-refractivity contribution in [3.05, 3.63) is 35.0 Å². The maximum absolute atomic E-state index is 11.9. The van der Waals surface area contributed by atoms with Gasteiger partial charge in [0.15, 0.2) is 11.5 Å². The monoisotopic (exact) mass is 251 g/mol. The van der Waals surface area contributed by atoms with Gasteiger partial charge in [-0.25, -0.2) is 0 Å². The zero-order chi connectivity index (χ0) is 12.4. The minimum absolute atomic E-state index is 0.0183. The summed E-state index contributed by atoms with van der Waals surface area (Å²) in [5, 5.41) is 1.48. The highest BCUT2D eigenvalue weighted by atomic mass is 35.5. The first kappa shape index (κ1) is 12.1. The molecule has 2 aromatic rings. The number of carbonyl (C=O) groups excluding carboxylic acids is 1. The van der Waals surface area contributed by atoms with E-state index in [2.05, 4.69) is 0 Å². The second kappa shape index (κ2) is 4.90. The Balaban J connectivity index is 2.27. The van der Waals surface area contributed by atoms with Gasteiger partial charge in [-0.2, -0.15) is 0 Å². The first-order valence-corrected chi connectivity index (χ1v) is 5.90. The fourth-order valence-electron chi connectivity index (χ4n) is 1.65. The molecule has 0 fully saturated rings. The number of carbonyl (C=O) groups is 1. The maximum atomic E-state index is 11.9. The Morgan fingerprint density at radius 3 is 2.94 bits per heavy atom. The van der Waals surface area contributed by atoms with Crippen LogP contribution in [-0.4, -0.2) is 12.3 Å². The summed E-state index contributed by atoms with van der Waals surface area (Å²) in [5.74, 6) is 0.525. The Morgan fingerprint density at radius 2 is 2.24 bits per heavy atom. The van der Waals surface area contributed by atoms with Crippen molar-refractivity contribution in [2.45, 2.75) is 13.3 Å². The zero-order valence-electron chi connectivity index (χ0n) is 9.57. The highest BCUT2D eigenvalue weighted by Crippen LogP contribution is 2.24. The van der Waals surface area contributed by atoms with Crippen LogP contribution >= 0.6 is 11.6 Å². The van der Waals surface area contributed by atoms with Crippen LogP contribution in [0.4, 0.5) is 0 Å². The van der Waals surface area contributed by atoms with Gasteiger partial charge in [0.05, 0.1) is 0 Å². The van der Waals surface area contributed by atoms with E-state index in [0.29, 0.717) is 29.3 Å². The van der Waals surface area contributed by atoms with E-state index in [1.165, 1.54) is 0 Å². The van der Waals surface area contributed by atoms with E-state index in [4.69, 9.17) is 21.8 Å². The molecule has 1 heterocycles. The summed E-state index contributed by atoms with van der Waals surface area (Å²) in [5.41, 5.74) is 6.17. The quantitative estimate of drug-likeness (QED) is 0.849.